The van der Waals surface area contributed by atoms with E-state index in [2.05, 4.69) is 33.0 Å². The lowest BCUT2D eigenvalue weighted by atomic mass is 9.96. The Labute approximate surface area is 127 Å². The molecule has 0 aromatic heterocycles. The molecule has 4 nitrogen and oxygen atoms in total. The Bertz CT molecular complexity index is 369. The van der Waals surface area contributed by atoms with E-state index >= 15 is 0 Å². The zero-order chi connectivity index (χ0) is 15.5. The monoisotopic (exact) mass is 300 g/mol. The third-order valence-corrected chi connectivity index (χ3v) is 5.01. The zero-order valence-corrected chi connectivity index (χ0v) is 14.3. The van der Waals surface area contributed by atoms with Crippen LogP contribution in [0.4, 0.5) is 0 Å². The first-order chi connectivity index (χ1) is 9.21. The van der Waals surface area contributed by atoms with E-state index in [0.29, 0.717) is 25.3 Å². The number of hydrogen-bond donors (Lipinski definition) is 1. The number of rotatable bonds is 6. The molecule has 1 aliphatic heterocycles. The molecule has 2 unspecified atom stereocenters. The first-order valence-electron chi connectivity index (χ1n) is 7.37. The van der Waals surface area contributed by atoms with Crippen molar-refractivity contribution in [1.29, 1.82) is 0 Å². The minimum atomic E-state index is -0.358. The first kappa shape index (κ1) is 17.3. The van der Waals surface area contributed by atoms with E-state index in [9.17, 15) is 9.59 Å². The van der Waals surface area contributed by atoms with Crippen LogP contribution in [0.3, 0.4) is 0 Å². The summed E-state index contributed by atoms with van der Waals surface area (Å²) in [4.78, 5) is 26.7. The van der Waals surface area contributed by atoms with Gasteiger partial charge in [-0.15, -0.1) is 0 Å². The number of nitrogens with zero attached hydrogens (tertiary/aromatic N) is 1. The second-order valence-electron chi connectivity index (χ2n) is 6.54. The van der Waals surface area contributed by atoms with Crippen molar-refractivity contribution in [3.63, 3.8) is 0 Å². The molecule has 1 saturated heterocycles. The van der Waals surface area contributed by atoms with Crippen molar-refractivity contribution in [3.05, 3.63) is 0 Å². The number of hydrogen-bond acceptors (Lipinski definition) is 3. The lowest BCUT2D eigenvalue weighted by Crippen LogP contribution is -2.65. The molecule has 1 aliphatic rings. The predicted molar refractivity (Wildman–Crippen MR) is 84.8 cm³/mol. The number of amides is 2. The van der Waals surface area contributed by atoms with Gasteiger partial charge in [0.15, 0.2) is 0 Å². The van der Waals surface area contributed by atoms with Crippen molar-refractivity contribution in [2.45, 2.75) is 64.3 Å². The molecular formula is C15H28N2O2S. The van der Waals surface area contributed by atoms with Gasteiger partial charge in [-0.05, 0) is 38.9 Å². The van der Waals surface area contributed by atoms with Gasteiger partial charge < -0.3 is 10.2 Å². The fourth-order valence-corrected chi connectivity index (χ4v) is 2.79. The average molecular weight is 300 g/mol. The van der Waals surface area contributed by atoms with Crippen LogP contribution in [0.15, 0.2) is 0 Å². The number of nitrogens with one attached hydrogen (secondary N) is 1. The summed E-state index contributed by atoms with van der Waals surface area (Å²) in [5.41, 5.74) is 0. The Balaban J connectivity index is 2.94. The minimum absolute atomic E-state index is 0.00495. The normalized spacial score (nSPS) is 24.2. The van der Waals surface area contributed by atoms with Gasteiger partial charge >= 0.3 is 0 Å². The smallest absolute Gasteiger partial charge is 0.245 e. The summed E-state index contributed by atoms with van der Waals surface area (Å²) >= 11 is 1.73. The topological polar surface area (TPSA) is 49.4 Å². The SMILES string of the molecule is CCC1C(=O)NC(CC(C)C)C(=O)N1CC(C)(C)SC. The van der Waals surface area contributed by atoms with Gasteiger partial charge in [0.2, 0.25) is 11.8 Å². The van der Waals surface area contributed by atoms with Crippen LogP contribution >= 0.6 is 11.8 Å². The predicted octanol–water partition coefficient (Wildman–Crippen LogP) is 2.28. The number of thioether (sulfide) groups is 1. The number of carbonyl (C=O) groups is 2. The molecule has 0 radical (unpaired) electrons. The highest BCUT2D eigenvalue weighted by Gasteiger charge is 2.41. The maximum Gasteiger partial charge on any atom is 0.245 e. The van der Waals surface area contributed by atoms with Crippen LogP contribution in [0.1, 0.15) is 47.5 Å². The number of piperazine rings is 1. The van der Waals surface area contributed by atoms with Crippen molar-refractivity contribution in [2.75, 3.05) is 12.8 Å². The van der Waals surface area contributed by atoms with Gasteiger partial charge in [0.1, 0.15) is 12.1 Å². The van der Waals surface area contributed by atoms with E-state index in [1.165, 1.54) is 0 Å². The van der Waals surface area contributed by atoms with Gasteiger partial charge in [-0.2, -0.15) is 11.8 Å². The quantitative estimate of drug-likeness (QED) is 0.819. The summed E-state index contributed by atoms with van der Waals surface area (Å²) in [5, 5.41) is 2.90. The van der Waals surface area contributed by atoms with E-state index in [4.69, 9.17) is 0 Å². The van der Waals surface area contributed by atoms with Crippen LogP contribution in [0.5, 0.6) is 0 Å². The molecule has 5 heteroatoms. The second-order valence-corrected chi connectivity index (χ2v) is 8.06. The summed E-state index contributed by atoms with van der Waals surface area (Å²) in [7, 11) is 0. The fourth-order valence-electron chi connectivity index (χ4n) is 2.52. The highest BCUT2D eigenvalue weighted by atomic mass is 32.2. The molecule has 20 heavy (non-hydrogen) atoms. The van der Waals surface area contributed by atoms with E-state index in [0.717, 1.165) is 0 Å². The third-order valence-electron chi connectivity index (χ3n) is 3.77. The first-order valence-corrected chi connectivity index (χ1v) is 8.60. The Kier molecular flexibility index (Phi) is 5.92. The van der Waals surface area contributed by atoms with Gasteiger partial charge in [0.25, 0.3) is 0 Å². The van der Waals surface area contributed by atoms with Crippen molar-refractivity contribution >= 4 is 23.6 Å². The Morgan fingerprint density at radius 1 is 1.35 bits per heavy atom. The molecule has 0 spiro atoms. The van der Waals surface area contributed by atoms with Crippen LogP contribution in [0, 0.1) is 5.92 Å². The van der Waals surface area contributed by atoms with Gasteiger partial charge in [0.05, 0.1) is 0 Å². The van der Waals surface area contributed by atoms with E-state index in [1.807, 2.05) is 13.2 Å². The Morgan fingerprint density at radius 3 is 2.40 bits per heavy atom. The molecule has 2 atom stereocenters. The molecule has 0 aliphatic carbocycles. The summed E-state index contributed by atoms with van der Waals surface area (Å²) in [6.07, 6.45) is 3.41. The molecule has 0 aromatic carbocycles. The molecule has 0 aromatic rings. The van der Waals surface area contributed by atoms with Gasteiger partial charge in [-0.1, -0.05) is 20.8 Å². The molecule has 116 valence electrons. The van der Waals surface area contributed by atoms with Crippen molar-refractivity contribution in [3.8, 4) is 0 Å². The van der Waals surface area contributed by atoms with Crippen molar-refractivity contribution < 1.29 is 9.59 Å². The van der Waals surface area contributed by atoms with Crippen molar-refractivity contribution in [2.24, 2.45) is 5.92 Å². The van der Waals surface area contributed by atoms with Crippen molar-refractivity contribution in [1.82, 2.24) is 10.2 Å². The zero-order valence-electron chi connectivity index (χ0n) is 13.5. The average Bonchev–Trinajstić information content (AvgIpc) is 2.34. The lowest BCUT2D eigenvalue weighted by molar-refractivity contribution is -0.150. The summed E-state index contributed by atoms with van der Waals surface area (Å²) < 4.78 is -0.0386. The van der Waals surface area contributed by atoms with Gasteiger partial charge in [-0.3, -0.25) is 9.59 Å². The lowest BCUT2D eigenvalue weighted by Gasteiger charge is -2.42. The van der Waals surface area contributed by atoms with Gasteiger partial charge in [0, 0.05) is 11.3 Å². The van der Waals surface area contributed by atoms with Crippen LogP contribution in [-0.4, -0.2) is 46.3 Å². The molecule has 2 amide bonds. The molecule has 1 N–H and O–H groups in total. The molecule has 1 rings (SSSR count). The summed E-state index contributed by atoms with van der Waals surface area (Å²) in [6.45, 7) is 10.9. The molecule has 0 bridgehead atoms. The molecular weight excluding hydrogens is 272 g/mol. The van der Waals surface area contributed by atoms with Crippen LogP contribution < -0.4 is 5.32 Å². The Morgan fingerprint density at radius 2 is 1.95 bits per heavy atom. The second kappa shape index (κ2) is 6.83. The highest BCUT2D eigenvalue weighted by molar-refractivity contribution is 7.99. The Hall–Kier alpha value is -0.710. The molecule has 0 saturated carbocycles. The van der Waals surface area contributed by atoms with E-state index < -0.39 is 0 Å². The van der Waals surface area contributed by atoms with Gasteiger partial charge in [-0.25, -0.2) is 0 Å². The minimum Gasteiger partial charge on any atom is -0.342 e. The fraction of sp³-hybridized carbons (Fsp3) is 0.867. The highest BCUT2D eigenvalue weighted by Crippen LogP contribution is 2.26. The number of carbonyl (C=O) groups excluding carboxylic acids is 2. The summed E-state index contributed by atoms with van der Waals surface area (Å²) in [5.74, 6) is 0.458. The maximum absolute atomic E-state index is 12.7. The third kappa shape index (κ3) is 4.14. The van der Waals surface area contributed by atoms with Crippen LogP contribution in [-0.2, 0) is 9.59 Å². The van der Waals surface area contributed by atoms with E-state index in [1.54, 1.807) is 16.7 Å². The molecule has 1 heterocycles. The summed E-state index contributed by atoms with van der Waals surface area (Å²) in [6, 6.07) is -0.680. The van der Waals surface area contributed by atoms with E-state index in [-0.39, 0.29) is 28.6 Å². The largest absolute Gasteiger partial charge is 0.342 e. The van der Waals surface area contributed by atoms with Crippen LogP contribution in [0.25, 0.3) is 0 Å². The van der Waals surface area contributed by atoms with Crippen LogP contribution in [0.2, 0.25) is 0 Å². The molecule has 1 fully saturated rings. The maximum atomic E-state index is 12.7. The standard InChI is InChI=1S/C15H28N2O2S/c1-7-12-13(18)16-11(8-10(2)3)14(19)17(12)9-15(4,5)20-6/h10-12H,7-9H2,1-6H3,(H,16,18).